The summed E-state index contributed by atoms with van der Waals surface area (Å²) in [5.41, 5.74) is 0. The summed E-state index contributed by atoms with van der Waals surface area (Å²) in [7, 11) is 0. The van der Waals surface area contributed by atoms with E-state index in [0.29, 0.717) is 18.9 Å². The normalized spacial score (nSPS) is 20.8. The van der Waals surface area contributed by atoms with Gasteiger partial charge >= 0.3 is 0 Å². The van der Waals surface area contributed by atoms with E-state index in [1.807, 2.05) is 13.8 Å². The number of Topliss-reactive ketones (excluding diaryl/α,β-unsaturated/α-hetero) is 1. The molecule has 1 aliphatic rings. The summed E-state index contributed by atoms with van der Waals surface area (Å²) in [5.74, 6) is -1.98. The van der Waals surface area contributed by atoms with Crippen molar-refractivity contribution in [3.05, 3.63) is 0 Å². The summed E-state index contributed by atoms with van der Waals surface area (Å²) >= 11 is 0. The zero-order valence-corrected chi connectivity index (χ0v) is 14.9. The third-order valence-electron chi connectivity index (χ3n) is 4.84. The standard InChI is InChI=1S/C18H33F2NO/c1-6-11-21(14(4)5)16(17(22)13(2)3)12-15-7-9-18(19,20)10-8-15/h13-16H,6-12H2,1-5H3/t16-/m0/s1. The Bertz CT molecular complexity index is 345. The first-order chi connectivity index (χ1) is 10.2. The zero-order valence-electron chi connectivity index (χ0n) is 14.9. The molecular weight excluding hydrogens is 284 g/mol. The molecule has 130 valence electrons. The molecule has 2 nitrogen and oxygen atoms in total. The van der Waals surface area contributed by atoms with E-state index in [1.165, 1.54) is 0 Å². The van der Waals surface area contributed by atoms with Crippen LogP contribution in [0.5, 0.6) is 0 Å². The van der Waals surface area contributed by atoms with Crippen molar-refractivity contribution in [2.24, 2.45) is 11.8 Å². The van der Waals surface area contributed by atoms with Crippen LogP contribution in [0.3, 0.4) is 0 Å². The fourth-order valence-electron chi connectivity index (χ4n) is 3.48. The molecular formula is C18H33F2NO. The fraction of sp³-hybridized carbons (Fsp3) is 0.944. The molecule has 0 radical (unpaired) electrons. The van der Waals surface area contributed by atoms with Crippen molar-refractivity contribution >= 4 is 5.78 Å². The first-order valence-corrected chi connectivity index (χ1v) is 8.85. The Morgan fingerprint density at radius 1 is 1.18 bits per heavy atom. The van der Waals surface area contributed by atoms with E-state index in [1.54, 1.807) is 0 Å². The van der Waals surface area contributed by atoms with Gasteiger partial charge in [0.1, 0.15) is 0 Å². The van der Waals surface area contributed by atoms with Crippen LogP contribution >= 0.6 is 0 Å². The average molecular weight is 317 g/mol. The van der Waals surface area contributed by atoms with Crippen molar-refractivity contribution in [1.82, 2.24) is 4.90 Å². The van der Waals surface area contributed by atoms with Crippen molar-refractivity contribution in [3.63, 3.8) is 0 Å². The minimum absolute atomic E-state index is 0.00635. The number of carbonyl (C=O) groups excluding carboxylic acids is 1. The van der Waals surface area contributed by atoms with Gasteiger partial charge in [-0.05, 0) is 52.0 Å². The number of hydrogen-bond acceptors (Lipinski definition) is 2. The van der Waals surface area contributed by atoms with Crippen LogP contribution in [0, 0.1) is 11.8 Å². The van der Waals surface area contributed by atoms with Gasteiger partial charge in [-0.2, -0.15) is 0 Å². The van der Waals surface area contributed by atoms with Crippen LogP contribution in [-0.2, 0) is 4.79 Å². The molecule has 4 heteroatoms. The highest BCUT2D eigenvalue weighted by atomic mass is 19.3. The molecule has 0 N–H and O–H groups in total. The van der Waals surface area contributed by atoms with Gasteiger partial charge in [-0.15, -0.1) is 0 Å². The number of carbonyl (C=O) groups is 1. The molecule has 0 amide bonds. The molecule has 0 saturated heterocycles. The molecule has 0 heterocycles. The Hall–Kier alpha value is -0.510. The number of alkyl halides is 2. The molecule has 0 aromatic heterocycles. The highest BCUT2D eigenvalue weighted by Gasteiger charge is 2.38. The number of nitrogens with zero attached hydrogens (tertiary/aromatic N) is 1. The quantitative estimate of drug-likeness (QED) is 0.633. The van der Waals surface area contributed by atoms with Crippen molar-refractivity contribution in [3.8, 4) is 0 Å². The molecule has 0 aromatic rings. The predicted molar refractivity (Wildman–Crippen MR) is 87.3 cm³/mol. The molecule has 0 spiro atoms. The maximum absolute atomic E-state index is 13.3. The number of rotatable bonds is 8. The van der Waals surface area contributed by atoms with Gasteiger partial charge in [0.25, 0.3) is 0 Å². The monoisotopic (exact) mass is 317 g/mol. The molecule has 1 aliphatic carbocycles. The van der Waals surface area contributed by atoms with Crippen molar-refractivity contribution in [2.45, 2.75) is 91.1 Å². The molecule has 0 bridgehead atoms. The van der Waals surface area contributed by atoms with E-state index in [2.05, 4.69) is 25.7 Å². The van der Waals surface area contributed by atoms with Crippen LogP contribution in [0.4, 0.5) is 8.78 Å². The smallest absolute Gasteiger partial charge is 0.248 e. The highest BCUT2D eigenvalue weighted by Crippen LogP contribution is 2.38. The minimum Gasteiger partial charge on any atom is -0.298 e. The lowest BCUT2D eigenvalue weighted by atomic mass is 9.80. The van der Waals surface area contributed by atoms with Gasteiger partial charge in [0.15, 0.2) is 5.78 Å². The first-order valence-electron chi connectivity index (χ1n) is 8.85. The molecule has 1 fully saturated rings. The average Bonchev–Trinajstić information content (AvgIpc) is 2.43. The van der Waals surface area contributed by atoms with Crippen LogP contribution in [-0.4, -0.2) is 35.2 Å². The van der Waals surface area contributed by atoms with Gasteiger partial charge in [-0.25, -0.2) is 8.78 Å². The van der Waals surface area contributed by atoms with Gasteiger partial charge in [0.05, 0.1) is 6.04 Å². The van der Waals surface area contributed by atoms with Gasteiger partial charge in [-0.1, -0.05) is 20.8 Å². The Labute approximate surface area is 134 Å². The van der Waals surface area contributed by atoms with E-state index in [4.69, 9.17) is 0 Å². The second-order valence-corrected chi connectivity index (χ2v) is 7.44. The lowest BCUT2D eigenvalue weighted by molar-refractivity contribution is -0.129. The van der Waals surface area contributed by atoms with Crippen molar-refractivity contribution in [1.29, 1.82) is 0 Å². The van der Waals surface area contributed by atoms with E-state index in [-0.39, 0.29) is 36.5 Å². The third kappa shape index (κ3) is 5.60. The van der Waals surface area contributed by atoms with Gasteiger partial charge in [0.2, 0.25) is 5.92 Å². The van der Waals surface area contributed by atoms with E-state index in [9.17, 15) is 13.6 Å². The lowest BCUT2D eigenvalue weighted by Gasteiger charge is -2.38. The van der Waals surface area contributed by atoms with E-state index < -0.39 is 5.92 Å². The molecule has 1 atom stereocenters. The topological polar surface area (TPSA) is 20.3 Å². The largest absolute Gasteiger partial charge is 0.298 e. The summed E-state index contributed by atoms with van der Waals surface area (Å²) in [6.07, 6.45) is 2.80. The molecule has 1 rings (SSSR count). The number of hydrogen-bond donors (Lipinski definition) is 0. The number of ketones is 1. The molecule has 0 aliphatic heterocycles. The number of halogens is 2. The first kappa shape index (κ1) is 19.5. The van der Waals surface area contributed by atoms with E-state index in [0.717, 1.165) is 19.4 Å². The van der Waals surface area contributed by atoms with Crippen LogP contribution < -0.4 is 0 Å². The second kappa shape index (κ2) is 8.37. The Morgan fingerprint density at radius 2 is 1.73 bits per heavy atom. The van der Waals surface area contributed by atoms with Crippen molar-refractivity contribution < 1.29 is 13.6 Å². The molecule has 0 aromatic carbocycles. The van der Waals surface area contributed by atoms with Crippen LogP contribution in [0.1, 0.15) is 73.1 Å². The molecule has 1 saturated carbocycles. The van der Waals surface area contributed by atoms with Crippen LogP contribution in [0.25, 0.3) is 0 Å². The summed E-state index contributed by atoms with van der Waals surface area (Å²) in [6, 6.07) is 0.189. The van der Waals surface area contributed by atoms with Crippen LogP contribution in [0.15, 0.2) is 0 Å². The molecule has 22 heavy (non-hydrogen) atoms. The highest BCUT2D eigenvalue weighted by molar-refractivity contribution is 5.85. The zero-order chi connectivity index (χ0) is 16.9. The SMILES string of the molecule is CCCN(C(C)C)[C@@H](CC1CCC(F)(F)CC1)C(=O)C(C)C. The van der Waals surface area contributed by atoms with E-state index >= 15 is 0 Å². The van der Waals surface area contributed by atoms with Crippen LogP contribution in [0.2, 0.25) is 0 Å². The van der Waals surface area contributed by atoms with Gasteiger partial charge in [0, 0.05) is 24.8 Å². The Kier molecular flexibility index (Phi) is 7.43. The van der Waals surface area contributed by atoms with Gasteiger partial charge < -0.3 is 0 Å². The van der Waals surface area contributed by atoms with Gasteiger partial charge in [-0.3, -0.25) is 9.69 Å². The molecule has 0 unspecified atom stereocenters. The fourth-order valence-corrected chi connectivity index (χ4v) is 3.48. The van der Waals surface area contributed by atoms with Crippen molar-refractivity contribution in [2.75, 3.05) is 6.54 Å². The lowest BCUT2D eigenvalue weighted by Crippen LogP contribution is -2.48. The summed E-state index contributed by atoms with van der Waals surface area (Å²) in [4.78, 5) is 14.9. The summed E-state index contributed by atoms with van der Waals surface area (Å²) in [6.45, 7) is 11.1. The Balaban J connectivity index is 2.80. The Morgan fingerprint density at radius 3 is 2.14 bits per heavy atom. The third-order valence-corrected chi connectivity index (χ3v) is 4.84. The summed E-state index contributed by atoms with van der Waals surface area (Å²) in [5, 5.41) is 0. The summed E-state index contributed by atoms with van der Waals surface area (Å²) < 4.78 is 26.7. The minimum atomic E-state index is -2.49. The maximum atomic E-state index is 13.3. The second-order valence-electron chi connectivity index (χ2n) is 7.44. The predicted octanol–water partition coefficient (Wildman–Crippen LogP) is 4.92. The maximum Gasteiger partial charge on any atom is 0.248 e.